The van der Waals surface area contributed by atoms with Crippen molar-refractivity contribution in [2.24, 2.45) is 0 Å². The number of hydrogen-bond donors (Lipinski definition) is 1. The van der Waals surface area contributed by atoms with Crippen molar-refractivity contribution in [2.75, 3.05) is 13.2 Å². The van der Waals surface area contributed by atoms with Crippen molar-refractivity contribution in [3.05, 3.63) is 71.4 Å². The Balaban J connectivity index is 1.55. The molecule has 0 atom stereocenters. The maximum absolute atomic E-state index is 12.1. The Morgan fingerprint density at radius 2 is 1.83 bits per heavy atom. The second kappa shape index (κ2) is 7.11. The molecular weight excluding hydrogens is 312 g/mol. The van der Waals surface area contributed by atoms with Crippen LogP contribution in [0.1, 0.15) is 10.5 Å². The smallest absolute Gasteiger partial charge is 0.270 e. The van der Waals surface area contributed by atoms with Gasteiger partial charge in [-0.2, -0.15) is 0 Å². The molecule has 5 heteroatoms. The summed E-state index contributed by atoms with van der Waals surface area (Å²) in [5.74, 6) is 0.380. The second-order valence-electron chi connectivity index (χ2n) is 4.92. The van der Waals surface area contributed by atoms with E-state index in [0.717, 1.165) is 10.9 Å². The average molecular weight is 327 g/mol. The van der Waals surface area contributed by atoms with Gasteiger partial charge in [0, 0.05) is 5.39 Å². The number of carbonyl (C=O) groups is 1. The number of amides is 1. The van der Waals surface area contributed by atoms with Crippen LogP contribution in [0, 0.1) is 0 Å². The molecular formula is C18H15ClN2O2. The molecule has 1 N–H and O–H groups in total. The fraction of sp³-hybridized carbons (Fsp3) is 0.111. The zero-order valence-electron chi connectivity index (χ0n) is 12.3. The van der Waals surface area contributed by atoms with Crippen LogP contribution in [0.2, 0.25) is 5.02 Å². The Labute approximate surface area is 139 Å². The molecule has 0 aliphatic heterocycles. The van der Waals surface area contributed by atoms with Gasteiger partial charge in [-0.05, 0) is 24.3 Å². The lowest BCUT2D eigenvalue weighted by Gasteiger charge is -2.09. The zero-order chi connectivity index (χ0) is 16.1. The Hall–Kier alpha value is -2.59. The van der Waals surface area contributed by atoms with Gasteiger partial charge in [0.25, 0.3) is 5.91 Å². The van der Waals surface area contributed by atoms with E-state index in [-0.39, 0.29) is 5.91 Å². The first-order chi connectivity index (χ1) is 11.2. The highest BCUT2D eigenvalue weighted by Gasteiger charge is 2.07. The minimum Gasteiger partial charge on any atom is -0.490 e. The van der Waals surface area contributed by atoms with Crippen LogP contribution in [0.4, 0.5) is 0 Å². The van der Waals surface area contributed by atoms with Gasteiger partial charge in [-0.25, -0.2) is 4.98 Å². The van der Waals surface area contributed by atoms with Crippen molar-refractivity contribution >= 4 is 28.4 Å². The summed E-state index contributed by atoms with van der Waals surface area (Å²) in [7, 11) is 0. The highest BCUT2D eigenvalue weighted by Crippen LogP contribution is 2.22. The summed E-state index contributed by atoms with van der Waals surface area (Å²) >= 11 is 5.99. The molecule has 0 unspecified atom stereocenters. The van der Waals surface area contributed by atoms with E-state index in [0.29, 0.717) is 29.6 Å². The van der Waals surface area contributed by atoms with Crippen molar-refractivity contribution in [1.29, 1.82) is 0 Å². The van der Waals surface area contributed by atoms with Crippen molar-refractivity contribution in [3.63, 3.8) is 0 Å². The first-order valence-corrected chi connectivity index (χ1v) is 7.63. The molecule has 23 heavy (non-hydrogen) atoms. The highest BCUT2D eigenvalue weighted by atomic mass is 35.5. The Morgan fingerprint density at radius 3 is 2.70 bits per heavy atom. The zero-order valence-corrected chi connectivity index (χ0v) is 13.1. The van der Waals surface area contributed by atoms with Crippen LogP contribution in [-0.2, 0) is 0 Å². The quantitative estimate of drug-likeness (QED) is 0.727. The van der Waals surface area contributed by atoms with Gasteiger partial charge in [0.15, 0.2) is 0 Å². The predicted octanol–water partition coefficient (Wildman–Crippen LogP) is 3.70. The number of para-hydroxylation sites is 2. The van der Waals surface area contributed by atoms with Crippen LogP contribution in [0.3, 0.4) is 0 Å². The lowest BCUT2D eigenvalue weighted by molar-refractivity contribution is 0.0942. The number of rotatable bonds is 5. The normalized spacial score (nSPS) is 10.5. The van der Waals surface area contributed by atoms with Crippen LogP contribution in [-0.4, -0.2) is 24.0 Å². The number of halogens is 1. The molecule has 116 valence electrons. The molecule has 1 aromatic heterocycles. The predicted molar refractivity (Wildman–Crippen MR) is 91.0 cm³/mol. The summed E-state index contributed by atoms with van der Waals surface area (Å²) in [4.78, 5) is 16.5. The lowest BCUT2D eigenvalue weighted by Crippen LogP contribution is -2.28. The molecule has 0 spiro atoms. The average Bonchev–Trinajstić information content (AvgIpc) is 2.59. The van der Waals surface area contributed by atoms with Crippen LogP contribution < -0.4 is 10.1 Å². The van der Waals surface area contributed by atoms with Gasteiger partial charge in [0.1, 0.15) is 18.1 Å². The van der Waals surface area contributed by atoms with Crippen LogP contribution in [0.25, 0.3) is 10.9 Å². The molecule has 0 saturated carbocycles. The number of carbonyl (C=O) groups excluding carboxylic acids is 1. The molecule has 0 saturated heterocycles. The van der Waals surface area contributed by atoms with Gasteiger partial charge >= 0.3 is 0 Å². The summed E-state index contributed by atoms with van der Waals surface area (Å²) in [5, 5.41) is 4.34. The van der Waals surface area contributed by atoms with Gasteiger partial charge in [0.2, 0.25) is 0 Å². The molecule has 2 aromatic carbocycles. The summed E-state index contributed by atoms with van der Waals surface area (Å²) in [6.45, 7) is 0.710. The maximum Gasteiger partial charge on any atom is 0.270 e. The monoisotopic (exact) mass is 326 g/mol. The number of benzene rings is 2. The van der Waals surface area contributed by atoms with E-state index < -0.39 is 0 Å². The number of hydrogen-bond acceptors (Lipinski definition) is 3. The van der Waals surface area contributed by atoms with Gasteiger partial charge in [-0.15, -0.1) is 0 Å². The Kier molecular flexibility index (Phi) is 4.74. The fourth-order valence-corrected chi connectivity index (χ4v) is 2.36. The van der Waals surface area contributed by atoms with E-state index in [4.69, 9.17) is 16.3 Å². The van der Waals surface area contributed by atoms with Crippen molar-refractivity contribution in [2.45, 2.75) is 0 Å². The molecule has 3 aromatic rings. The summed E-state index contributed by atoms with van der Waals surface area (Å²) in [6.07, 6.45) is 0. The van der Waals surface area contributed by atoms with Crippen LogP contribution >= 0.6 is 11.6 Å². The molecule has 0 radical (unpaired) electrons. The largest absolute Gasteiger partial charge is 0.490 e. The third-order valence-electron chi connectivity index (χ3n) is 3.31. The van der Waals surface area contributed by atoms with E-state index in [9.17, 15) is 4.79 Å². The van der Waals surface area contributed by atoms with Gasteiger partial charge in [0.05, 0.1) is 17.1 Å². The van der Waals surface area contributed by atoms with Gasteiger partial charge in [-0.1, -0.05) is 48.0 Å². The van der Waals surface area contributed by atoms with E-state index in [2.05, 4.69) is 10.3 Å². The lowest BCUT2D eigenvalue weighted by atomic mass is 10.2. The second-order valence-corrected chi connectivity index (χ2v) is 5.33. The van der Waals surface area contributed by atoms with Crippen molar-refractivity contribution < 1.29 is 9.53 Å². The molecule has 4 nitrogen and oxygen atoms in total. The first kappa shape index (κ1) is 15.3. The van der Waals surface area contributed by atoms with Crippen molar-refractivity contribution in [3.8, 4) is 5.75 Å². The molecule has 1 amide bonds. The molecule has 1 heterocycles. The number of nitrogens with one attached hydrogen (secondary N) is 1. The summed E-state index contributed by atoms with van der Waals surface area (Å²) in [6, 6.07) is 18.5. The first-order valence-electron chi connectivity index (χ1n) is 7.25. The molecule has 0 aliphatic carbocycles. The fourth-order valence-electron chi connectivity index (χ4n) is 2.17. The van der Waals surface area contributed by atoms with Gasteiger partial charge in [-0.3, -0.25) is 4.79 Å². The number of aromatic nitrogens is 1. The number of ether oxygens (including phenoxy) is 1. The van der Waals surface area contributed by atoms with E-state index in [1.165, 1.54) is 0 Å². The van der Waals surface area contributed by atoms with Crippen LogP contribution in [0.15, 0.2) is 60.7 Å². The van der Waals surface area contributed by atoms with Crippen molar-refractivity contribution in [1.82, 2.24) is 10.3 Å². The highest BCUT2D eigenvalue weighted by molar-refractivity contribution is 6.32. The molecule has 0 bridgehead atoms. The standard InChI is InChI=1S/C18H15ClN2O2/c19-14-6-2-4-8-17(14)23-12-11-20-18(22)16-10-9-13-5-1-3-7-15(13)21-16/h1-10H,11-12H2,(H,20,22). The maximum atomic E-state index is 12.1. The number of nitrogens with zero attached hydrogens (tertiary/aromatic N) is 1. The van der Waals surface area contributed by atoms with Gasteiger partial charge < -0.3 is 10.1 Å². The minimum absolute atomic E-state index is 0.224. The summed E-state index contributed by atoms with van der Waals surface area (Å²) < 4.78 is 5.53. The molecule has 3 rings (SSSR count). The third-order valence-corrected chi connectivity index (χ3v) is 3.63. The topological polar surface area (TPSA) is 51.2 Å². The minimum atomic E-state index is -0.224. The Bertz CT molecular complexity index is 836. The van der Waals surface area contributed by atoms with E-state index >= 15 is 0 Å². The van der Waals surface area contributed by atoms with E-state index in [1.54, 1.807) is 18.2 Å². The molecule has 0 fully saturated rings. The SMILES string of the molecule is O=C(NCCOc1ccccc1Cl)c1ccc2ccccc2n1. The van der Waals surface area contributed by atoms with Crippen LogP contribution in [0.5, 0.6) is 5.75 Å². The molecule has 0 aliphatic rings. The number of pyridine rings is 1. The summed E-state index contributed by atoms with van der Waals surface area (Å²) in [5.41, 5.74) is 1.19. The number of fused-ring (bicyclic) bond motifs is 1. The Morgan fingerprint density at radius 1 is 1.04 bits per heavy atom. The van der Waals surface area contributed by atoms with E-state index in [1.807, 2.05) is 42.5 Å². The third kappa shape index (κ3) is 3.79.